The molecule has 0 saturated carbocycles. The summed E-state index contributed by atoms with van der Waals surface area (Å²) in [4.78, 5) is 0. The minimum absolute atomic E-state index is 0.0408. The average Bonchev–Trinajstić information content (AvgIpc) is 2.38. The van der Waals surface area contributed by atoms with Gasteiger partial charge < -0.3 is 14.8 Å². The first-order valence-electron chi connectivity index (χ1n) is 6.59. The molecule has 0 amide bonds. The molecule has 100 valence electrons. The molecule has 2 rings (SSSR count). The van der Waals surface area contributed by atoms with E-state index >= 15 is 0 Å². The molecule has 0 bridgehead atoms. The molecular weight excluding hydrogens is 233 g/mol. The van der Waals surface area contributed by atoms with Crippen LogP contribution in [0.5, 0.6) is 11.5 Å². The Labute approximate surface area is 107 Å². The number of benzene rings is 1. The molecular formula is C14H20FNO2. The summed E-state index contributed by atoms with van der Waals surface area (Å²) >= 11 is 0. The number of fused-ring (bicyclic) bond motifs is 1. The molecule has 0 radical (unpaired) electrons. The summed E-state index contributed by atoms with van der Waals surface area (Å²) in [6.45, 7) is 4.42. The maximum absolute atomic E-state index is 13.1. The quantitative estimate of drug-likeness (QED) is 0.791. The van der Waals surface area contributed by atoms with Crippen LogP contribution in [-0.2, 0) is 0 Å². The minimum Gasteiger partial charge on any atom is -0.486 e. The number of rotatable bonds is 6. The first kappa shape index (κ1) is 13.1. The van der Waals surface area contributed by atoms with Gasteiger partial charge in [-0.25, -0.2) is 4.39 Å². The Bertz CT molecular complexity index is 384. The summed E-state index contributed by atoms with van der Waals surface area (Å²) in [5, 5.41) is 3.34. The Morgan fingerprint density at radius 2 is 2.22 bits per heavy atom. The molecule has 1 heterocycles. The lowest BCUT2D eigenvalue weighted by Crippen LogP contribution is -2.38. The fraction of sp³-hybridized carbons (Fsp3) is 0.571. The zero-order chi connectivity index (χ0) is 12.8. The second-order valence-corrected chi connectivity index (χ2v) is 4.55. The Morgan fingerprint density at radius 3 is 3.06 bits per heavy atom. The van der Waals surface area contributed by atoms with E-state index in [-0.39, 0.29) is 11.9 Å². The Morgan fingerprint density at radius 1 is 1.33 bits per heavy atom. The monoisotopic (exact) mass is 253 g/mol. The van der Waals surface area contributed by atoms with Gasteiger partial charge in [0.05, 0.1) is 0 Å². The van der Waals surface area contributed by atoms with Crippen molar-refractivity contribution in [1.29, 1.82) is 0 Å². The van der Waals surface area contributed by atoms with E-state index in [1.165, 1.54) is 31.4 Å². The number of halogens is 1. The first-order valence-corrected chi connectivity index (χ1v) is 6.59. The van der Waals surface area contributed by atoms with Crippen LogP contribution in [-0.4, -0.2) is 25.8 Å². The van der Waals surface area contributed by atoms with Gasteiger partial charge in [-0.05, 0) is 25.1 Å². The number of nitrogens with one attached hydrogen (secondary N) is 1. The summed E-state index contributed by atoms with van der Waals surface area (Å²) in [5.74, 6) is 0.828. The summed E-state index contributed by atoms with van der Waals surface area (Å²) in [6.07, 6.45) is 3.59. The summed E-state index contributed by atoms with van der Waals surface area (Å²) in [7, 11) is 0. The fourth-order valence-electron chi connectivity index (χ4n) is 1.95. The van der Waals surface area contributed by atoms with E-state index in [1.54, 1.807) is 6.07 Å². The van der Waals surface area contributed by atoms with E-state index in [0.29, 0.717) is 18.1 Å². The maximum Gasteiger partial charge on any atom is 0.164 e. The van der Waals surface area contributed by atoms with Gasteiger partial charge in [0.2, 0.25) is 0 Å². The normalized spacial score (nSPS) is 17.8. The van der Waals surface area contributed by atoms with Crippen molar-refractivity contribution in [1.82, 2.24) is 5.32 Å². The highest BCUT2D eigenvalue weighted by atomic mass is 19.1. The zero-order valence-electron chi connectivity index (χ0n) is 10.7. The van der Waals surface area contributed by atoms with Crippen LogP contribution in [0.3, 0.4) is 0 Å². The van der Waals surface area contributed by atoms with E-state index in [9.17, 15) is 4.39 Å². The fourth-order valence-corrected chi connectivity index (χ4v) is 1.95. The number of ether oxygens (including phenoxy) is 2. The smallest absolute Gasteiger partial charge is 0.164 e. The minimum atomic E-state index is -0.297. The highest BCUT2D eigenvalue weighted by molar-refractivity contribution is 5.41. The van der Waals surface area contributed by atoms with Crippen LogP contribution < -0.4 is 14.8 Å². The largest absolute Gasteiger partial charge is 0.486 e. The third-order valence-electron chi connectivity index (χ3n) is 2.95. The molecule has 1 atom stereocenters. The molecule has 0 fully saturated rings. The van der Waals surface area contributed by atoms with Crippen molar-refractivity contribution in [2.45, 2.75) is 32.3 Å². The van der Waals surface area contributed by atoms with Crippen molar-refractivity contribution in [2.75, 3.05) is 19.7 Å². The molecule has 0 spiro atoms. The molecule has 1 aromatic carbocycles. The third-order valence-corrected chi connectivity index (χ3v) is 2.95. The molecule has 0 aromatic heterocycles. The van der Waals surface area contributed by atoms with Crippen LogP contribution >= 0.6 is 0 Å². The van der Waals surface area contributed by atoms with Gasteiger partial charge in [-0.3, -0.25) is 0 Å². The molecule has 1 unspecified atom stereocenters. The highest BCUT2D eigenvalue weighted by Crippen LogP contribution is 2.31. The van der Waals surface area contributed by atoms with Gasteiger partial charge in [0.15, 0.2) is 11.5 Å². The lowest BCUT2D eigenvalue weighted by Gasteiger charge is -2.26. The lowest BCUT2D eigenvalue weighted by atomic mass is 10.2. The topological polar surface area (TPSA) is 30.5 Å². The maximum atomic E-state index is 13.1. The number of hydrogen-bond donors (Lipinski definition) is 1. The van der Waals surface area contributed by atoms with Crippen LogP contribution in [0.4, 0.5) is 4.39 Å². The van der Waals surface area contributed by atoms with Crippen LogP contribution in [0.25, 0.3) is 0 Å². The first-order chi connectivity index (χ1) is 8.79. The van der Waals surface area contributed by atoms with Gasteiger partial charge in [0, 0.05) is 12.6 Å². The Kier molecular flexibility index (Phi) is 4.81. The van der Waals surface area contributed by atoms with Crippen molar-refractivity contribution < 1.29 is 13.9 Å². The summed E-state index contributed by atoms with van der Waals surface area (Å²) < 4.78 is 24.3. The molecule has 18 heavy (non-hydrogen) atoms. The predicted octanol–water partition coefficient (Wildman–Crippen LogP) is 2.75. The van der Waals surface area contributed by atoms with Crippen LogP contribution in [0.1, 0.15) is 26.2 Å². The Hall–Kier alpha value is -1.29. The van der Waals surface area contributed by atoms with E-state index in [0.717, 1.165) is 13.1 Å². The molecule has 1 aliphatic rings. The second kappa shape index (κ2) is 6.59. The molecule has 1 aromatic rings. The van der Waals surface area contributed by atoms with Gasteiger partial charge in [0.25, 0.3) is 0 Å². The van der Waals surface area contributed by atoms with Crippen LogP contribution in [0.2, 0.25) is 0 Å². The van der Waals surface area contributed by atoms with Crippen molar-refractivity contribution in [3.05, 3.63) is 24.0 Å². The zero-order valence-corrected chi connectivity index (χ0v) is 10.7. The van der Waals surface area contributed by atoms with Crippen molar-refractivity contribution >= 4 is 0 Å². The van der Waals surface area contributed by atoms with Gasteiger partial charge >= 0.3 is 0 Å². The van der Waals surface area contributed by atoms with Gasteiger partial charge in [-0.1, -0.05) is 19.8 Å². The number of hydrogen-bond acceptors (Lipinski definition) is 3. The SMILES string of the molecule is CCCCCNCC1COc2ccc(F)cc2O1. The predicted molar refractivity (Wildman–Crippen MR) is 68.7 cm³/mol. The third kappa shape index (κ3) is 3.60. The highest BCUT2D eigenvalue weighted by Gasteiger charge is 2.20. The number of unbranched alkanes of at least 4 members (excludes halogenated alkanes) is 2. The Balaban J connectivity index is 1.77. The molecule has 0 saturated heterocycles. The molecule has 1 N–H and O–H groups in total. The van der Waals surface area contributed by atoms with Crippen LogP contribution in [0, 0.1) is 5.82 Å². The molecule has 0 aliphatic carbocycles. The summed E-state index contributed by atoms with van der Waals surface area (Å²) in [6, 6.07) is 4.36. The van der Waals surface area contributed by atoms with Gasteiger partial charge in [0.1, 0.15) is 18.5 Å². The average molecular weight is 253 g/mol. The van der Waals surface area contributed by atoms with E-state index in [4.69, 9.17) is 9.47 Å². The molecule has 1 aliphatic heterocycles. The van der Waals surface area contributed by atoms with Gasteiger partial charge in [-0.2, -0.15) is 0 Å². The van der Waals surface area contributed by atoms with E-state index in [2.05, 4.69) is 12.2 Å². The second-order valence-electron chi connectivity index (χ2n) is 4.55. The van der Waals surface area contributed by atoms with E-state index < -0.39 is 0 Å². The van der Waals surface area contributed by atoms with Crippen molar-refractivity contribution in [3.63, 3.8) is 0 Å². The van der Waals surface area contributed by atoms with Crippen molar-refractivity contribution in [3.8, 4) is 11.5 Å². The van der Waals surface area contributed by atoms with Crippen LogP contribution in [0.15, 0.2) is 18.2 Å². The molecule has 4 heteroatoms. The summed E-state index contributed by atoms with van der Waals surface area (Å²) in [5.41, 5.74) is 0. The lowest BCUT2D eigenvalue weighted by molar-refractivity contribution is 0.0899. The van der Waals surface area contributed by atoms with Crippen molar-refractivity contribution in [2.24, 2.45) is 0 Å². The molecule has 3 nitrogen and oxygen atoms in total. The standard InChI is InChI=1S/C14H20FNO2/c1-2-3-4-7-16-9-12-10-17-13-6-5-11(15)8-14(13)18-12/h5-6,8,12,16H,2-4,7,9-10H2,1H3. The van der Waals surface area contributed by atoms with E-state index in [1.807, 2.05) is 0 Å². The van der Waals surface area contributed by atoms with Gasteiger partial charge in [-0.15, -0.1) is 0 Å².